The molecule has 2 heteroatoms. The molecule has 1 aliphatic rings. The van der Waals surface area contributed by atoms with Crippen LogP contribution in [0, 0.1) is 0 Å². The van der Waals surface area contributed by atoms with Gasteiger partial charge in [0.1, 0.15) is 5.75 Å². The predicted molar refractivity (Wildman–Crippen MR) is 75.8 cm³/mol. The minimum atomic E-state index is 0.172. The van der Waals surface area contributed by atoms with Crippen molar-refractivity contribution in [2.75, 3.05) is 0 Å². The van der Waals surface area contributed by atoms with Gasteiger partial charge < -0.3 is 10.5 Å². The van der Waals surface area contributed by atoms with E-state index in [0.29, 0.717) is 6.10 Å². The lowest BCUT2D eigenvalue weighted by atomic mass is 10.0. The molecular weight excluding hydrogens is 222 g/mol. The Balaban J connectivity index is 1.88. The average Bonchev–Trinajstić information content (AvgIpc) is 2.89. The van der Waals surface area contributed by atoms with Crippen molar-refractivity contribution >= 4 is 0 Å². The first-order chi connectivity index (χ1) is 8.79. The van der Waals surface area contributed by atoms with Gasteiger partial charge >= 0.3 is 0 Å². The van der Waals surface area contributed by atoms with Crippen molar-refractivity contribution in [3.8, 4) is 5.75 Å². The summed E-state index contributed by atoms with van der Waals surface area (Å²) in [5.74, 6) is 0.994. The predicted octanol–water partition coefficient (Wildman–Crippen LogP) is 4.20. The molecule has 1 atom stereocenters. The molecule has 100 valence electrons. The van der Waals surface area contributed by atoms with Crippen molar-refractivity contribution in [2.24, 2.45) is 5.73 Å². The smallest absolute Gasteiger partial charge is 0.119 e. The highest BCUT2D eigenvalue weighted by atomic mass is 16.5. The van der Waals surface area contributed by atoms with E-state index in [9.17, 15) is 0 Å². The Morgan fingerprint density at radius 2 is 1.89 bits per heavy atom. The summed E-state index contributed by atoms with van der Waals surface area (Å²) in [5, 5.41) is 0. The standard InChI is InChI=1S/C16H25NO/c1-2-3-8-16(17)13-9-11-15(12-10-13)18-14-6-4-5-7-14/h9-12,14,16H,2-8,17H2,1H3/t16-/m0/s1. The SMILES string of the molecule is CCCC[C@H](N)c1ccc(OC2CCCC2)cc1. The van der Waals surface area contributed by atoms with Crippen LogP contribution in [0.4, 0.5) is 0 Å². The average molecular weight is 247 g/mol. The Bertz CT molecular complexity index is 341. The summed E-state index contributed by atoms with van der Waals surface area (Å²) >= 11 is 0. The third kappa shape index (κ3) is 3.74. The molecule has 0 unspecified atom stereocenters. The molecule has 1 aromatic rings. The van der Waals surface area contributed by atoms with Gasteiger partial charge in [-0.1, -0.05) is 31.9 Å². The molecule has 0 aliphatic heterocycles. The van der Waals surface area contributed by atoms with Crippen LogP contribution in [0.3, 0.4) is 0 Å². The Hall–Kier alpha value is -1.02. The van der Waals surface area contributed by atoms with Crippen LogP contribution >= 0.6 is 0 Å². The van der Waals surface area contributed by atoms with Crippen molar-refractivity contribution in [1.82, 2.24) is 0 Å². The molecule has 0 amide bonds. The number of hydrogen-bond donors (Lipinski definition) is 1. The van der Waals surface area contributed by atoms with Crippen molar-refractivity contribution in [3.05, 3.63) is 29.8 Å². The van der Waals surface area contributed by atoms with Gasteiger partial charge in [0.15, 0.2) is 0 Å². The lowest BCUT2D eigenvalue weighted by Gasteiger charge is -2.15. The van der Waals surface area contributed by atoms with Crippen molar-refractivity contribution in [2.45, 2.75) is 64.0 Å². The molecule has 0 spiro atoms. The summed E-state index contributed by atoms with van der Waals surface area (Å²) < 4.78 is 5.95. The molecule has 1 aliphatic carbocycles. The van der Waals surface area contributed by atoms with Gasteiger partial charge in [0.25, 0.3) is 0 Å². The Morgan fingerprint density at radius 1 is 1.22 bits per heavy atom. The number of rotatable bonds is 6. The maximum atomic E-state index is 6.15. The second kappa shape index (κ2) is 6.79. The fraction of sp³-hybridized carbons (Fsp3) is 0.625. The molecule has 2 nitrogen and oxygen atoms in total. The van der Waals surface area contributed by atoms with E-state index in [4.69, 9.17) is 10.5 Å². The van der Waals surface area contributed by atoms with Crippen molar-refractivity contribution < 1.29 is 4.74 Å². The van der Waals surface area contributed by atoms with E-state index in [0.717, 1.165) is 12.2 Å². The van der Waals surface area contributed by atoms with Gasteiger partial charge in [0.05, 0.1) is 6.10 Å². The normalized spacial score (nSPS) is 17.9. The zero-order valence-corrected chi connectivity index (χ0v) is 11.4. The number of ether oxygens (including phenoxy) is 1. The van der Waals surface area contributed by atoms with Crippen LogP contribution in [0.2, 0.25) is 0 Å². The maximum absolute atomic E-state index is 6.15. The van der Waals surface area contributed by atoms with Crippen molar-refractivity contribution in [1.29, 1.82) is 0 Å². The fourth-order valence-electron chi connectivity index (χ4n) is 2.58. The van der Waals surface area contributed by atoms with Gasteiger partial charge in [-0.3, -0.25) is 0 Å². The van der Waals surface area contributed by atoms with E-state index in [1.54, 1.807) is 0 Å². The summed E-state index contributed by atoms with van der Waals surface area (Å²) in [6.07, 6.45) is 8.94. The van der Waals surface area contributed by atoms with Crippen LogP contribution in [0.5, 0.6) is 5.75 Å². The summed E-state index contributed by atoms with van der Waals surface area (Å²) in [4.78, 5) is 0. The second-order valence-electron chi connectivity index (χ2n) is 5.34. The van der Waals surface area contributed by atoms with E-state index < -0.39 is 0 Å². The largest absolute Gasteiger partial charge is 0.490 e. The monoisotopic (exact) mass is 247 g/mol. The summed E-state index contributed by atoms with van der Waals surface area (Å²) in [5.41, 5.74) is 7.38. The Morgan fingerprint density at radius 3 is 2.50 bits per heavy atom. The third-order valence-electron chi connectivity index (χ3n) is 3.78. The molecule has 1 aromatic carbocycles. The zero-order valence-electron chi connectivity index (χ0n) is 11.4. The number of benzene rings is 1. The molecule has 2 N–H and O–H groups in total. The zero-order chi connectivity index (χ0) is 12.8. The van der Waals surface area contributed by atoms with Gasteiger partial charge in [-0.05, 0) is 49.8 Å². The molecule has 0 aromatic heterocycles. The van der Waals surface area contributed by atoms with Gasteiger partial charge in [-0.25, -0.2) is 0 Å². The molecular formula is C16H25NO. The van der Waals surface area contributed by atoms with Crippen LogP contribution in [-0.2, 0) is 0 Å². The van der Waals surface area contributed by atoms with Gasteiger partial charge in [0, 0.05) is 6.04 Å². The van der Waals surface area contributed by atoms with Crippen LogP contribution in [0.1, 0.15) is 63.5 Å². The lowest BCUT2D eigenvalue weighted by Crippen LogP contribution is -2.12. The van der Waals surface area contributed by atoms with Crippen LogP contribution in [0.25, 0.3) is 0 Å². The van der Waals surface area contributed by atoms with Gasteiger partial charge in [-0.2, -0.15) is 0 Å². The number of nitrogens with two attached hydrogens (primary N) is 1. The minimum absolute atomic E-state index is 0.172. The highest BCUT2D eigenvalue weighted by molar-refractivity contribution is 5.29. The van der Waals surface area contributed by atoms with Crippen molar-refractivity contribution in [3.63, 3.8) is 0 Å². The second-order valence-corrected chi connectivity index (χ2v) is 5.34. The third-order valence-corrected chi connectivity index (χ3v) is 3.78. The lowest BCUT2D eigenvalue weighted by molar-refractivity contribution is 0.210. The highest BCUT2D eigenvalue weighted by Gasteiger charge is 2.16. The minimum Gasteiger partial charge on any atom is -0.490 e. The van der Waals surface area contributed by atoms with E-state index in [-0.39, 0.29) is 6.04 Å². The summed E-state index contributed by atoms with van der Waals surface area (Å²) in [6.45, 7) is 2.20. The van der Waals surface area contributed by atoms with E-state index in [2.05, 4.69) is 31.2 Å². The maximum Gasteiger partial charge on any atom is 0.119 e. The molecule has 0 bridgehead atoms. The first-order valence-corrected chi connectivity index (χ1v) is 7.32. The molecule has 1 fully saturated rings. The van der Waals surface area contributed by atoms with Gasteiger partial charge in [-0.15, -0.1) is 0 Å². The molecule has 0 heterocycles. The Kier molecular flexibility index (Phi) is 5.06. The fourth-order valence-corrected chi connectivity index (χ4v) is 2.58. The summed E-state index contributed by atoms with van der Waals surface area (Å²) in [7, 11) is 0. The first kappa shape index (κ1) is 13.4. The highest BCUT2D eigenvalue weighted by Crippen LogP contribution is 2.25. The molecule has 0 radical (unpaired) electrons. The topological polar surface area (TPSA) is 35.2 Å². The molecule has 0 saturated heterocycles. The molecule has 2 rings (SSSR count). The molecule has 1 saturated carbocycles. The number of hydrogen-bond acceptors (Lipinski definition) is 2. The van der Waals surface area contributed by atoms with E-state index in [1.165, 1.54) is 44.1 Å². The van der Waals surface area contributed by atoms with E-state index in [1.807, 2.05) is 0 Å². The molecule has 18 heavy (non-hydrogen) atoms. The number of unbranched alkanes of at least 4 members (excludes halogenated alkanes) is 1. The quantitative estimate of drug-likeness (QED) is 0.817. The summed E-state index contributed by atoms with van der Waals surface area (Å²) in [6, 6.07) is 8.54. The van der Waals surface area contributed by atoms with Crippen LogP contribution < -0.4 is 10.5 Å². The van der Waals surface area contributed by atoms with Gasteiger partial charge in [0.2, 0.25) is 0 Å². The Labute approximate surface area is 111 Å². The van der Waals surface area contributed by atoms with E-state index >= 15 is 0 Å². The van der Waals surface area contributed by atoms with Crippen LogP contribution in [0.15, 0.2) is 24.3 Å². The first-order valence-electron chi connectivity index (χ1n) is 7.32. The van der Waals surface area contributed by atoms with Crippen LogP contribution in [-0.4, -0.2) is 6.10 Å².